The highest BCUT2D eigenvalue weighted by molar-refractivity contribution is 5.42. The molecule has 0 amide bonds. The smallest absolute Gasteiger partial charge is 0.125 e. The van der Waals surface area contributed by atoms with E-state index in [9.17, 15) is 0 Å². The first-order valence-electron chi connectivity index (χ1n) is 6.82. The Kier molecular flexibility index (Phi) is 5.07. The van der Waals surface area contributed by atoms with Gasteiger partial charge < -0.3 is 10.1 Å². The summed E-state index contributed by atoms with van der Waals surface area (Å²) < 4.78 is 5.87. The quantitative estimate of drug-likeness (QED) is 0.820. The lowest BCUT2D eigenvalue weighted by molar-refractivity contribution is 0.309. The van der Waals surface area contributed by atoms with Crippen molar-refractivity contribution < 1.29 is 4.74 Å². The van der Waals surface area contributed by atoms with E-state index in [-0.39, 0.29) is 0 Å². The van der Waals surface area contributed by atoms with E-state index in [1.54, 1.807) is 0 Å². The Morgan fingerprint density at radius 2 is 1.70 bits per heavy atom. The van der Waals surface area contributed by atoms with E-state index in [4.69, 9.17) is 4.74 Å². The number of hydrogen-bond acceptors (Lipinski definition) is 4. The second kappa shape index (κ2) is 7.01. The molecule has 0 bridgehead atoms. The van der Waals surface area contributed by atoms with Crippen molar-refractivity contribution in [3.8, 4) is 5.75 Å². The van der Waals surface area contributed by atoms with Crippen molar-refractivity contribution in [2.75, 3.05) is 13.2 Å². The van der Waals surface area contributed by atoms with Gasteiger partial charge in [0.25, 0.3) is 0 Å². The van der Waals surface area contributed by atoms with Crippen LogP contribution < -0.4 is 10.1 Å². The number of hydrogen-bond donors (Lipinski definition) is 1. The van der Waals surface area contributed by atoms with Gasteiger partial charge in [0.2, 0.25) is 0 Å². The van der Waals surface area contributed by atoms with Gasteiger partial charge in [0, 0.05) is 31.0 Å². The zero-order valence-electron chi connectivity index (χ0n) is 12.3. The van der Waals surface area contributed by atoms with Crippen molar-refractivity contribution in [2.45, 2.75) is 27.3 Å². The highest BCUT2D eigenvalue weighted by atomic mass is 16.5. The van der Waals surface area contributed by atoms with Gasteiger partial charge in [0.15, 0.2) is 0 Å². The van der Waals surface area contributed by atoms with Crippen LogP contribution in [0.3, 0.4) is 0 Å². The SMILES string of the molecule is Cc1cc(C)c(OCCNCc2cncnc2)c(C)c1. The summed E-state index contributed by atoms with van der Waals surface area (Å²) in [5.74, 6) is 1.00. The number of ether oxygens (including phenoxy) is 1. The highest BCUT2D eigenvalue weighted by Gasteiger charge is 2.04. The summed E-state index contributed by atoms with van der Waals surface area (Å²) in [5, 5.41) is 3.32. The summed E-state index contributed by atoms with van der Waals surface area (Å²) >= 11 is 0. The largest absolute Gasteiger partial charge is 0.492 e. The van der Waals surface area contributed by atoms with Crippen LogP contribution in [0.1, 0.15) is 22.3 Å². The zero-order chi connectivity index (χ0) is 14.4. The Hall–Kier alpha value is -1.94. The molecule has 1 aromatic carbocycles. The van der Waals surface area contributed by atoms with Crippen LogP contribution in [-0.4, -0.2) is 23.1 Å². The third kappa shape index (κ3) is 4.03. The fraction of sp³-hybridized carbons (Fsp3) is 0.375. The third-order valence-corrected chi connectivity index (χ3v) is 3.07. The molecule has 4 nitrogen and oxygen atoms in total. The second-order valence-corrected chi connectivity index (χ2v) is 5.00. The van der Waals surface area contributed by atoms with E-state index in [0.717, 1.165) is 24.4 Å². The summed E-state index contributed by atoms with van der Waals surface area (Å²) in [5.41, 5.74) is 4.74. The maximum atomic E-state index is 5.87. The standard InChI is InChI=1S/C16H21N3O/c1-12-6-13(2)16(14(3)7-12)20-5-4-17-8-15-9-18-11-19-10-15/h6-7,9-11,17H,4-5,8H2,1-3H3. The molecule has 0 aliphatic rings. The van der Waals surface area contributed by atoms with Crippen molar-refractivity contribution in [1.82, 2.24) is 15.3 Å². The van der Waals surface area contributed by atoms with Crippen molar-refractivity contribution in [1.29, 1.82) is 0 Å². The van der Waals surface area contributed by atoms with E-state index >= 15 is 0 Å². The van der Waals surface area contributed by atoms with E-state index in [1.165, 1.54) is 23.0 Å². The number of aryl methyl sites for hydroxylation is 3. The van der Waals surface area contributed by atoms with Crippen LogP contribution in [0.2, 0.25) is 0 Å². The molecule has 2 aromatic rings. The van der Waals surface area contributed by atoms with Gasteiger partial charge in [-0.1, -0.05) is 17.7 Å². The number of nitrogens with zero attached hydrogens (tertiary/aromatic N) is 2. The van der Waals surface area contributed by atoms with Crippen LogP contribution in [0.4, 0.5) is 0 Å². The van der Waals surface area contributed by atoms with Crippen LogP contribution in [0.15, 0.2) is 30.9 Å². The highest BCUT2D eigenvalue weighted by Crippen LogP contribution is 2.24. The fourth-order valence-corrected chi connectivity index (χ4v) is 2.27. The Balaban J connectivity index is 1.76. The van der Waals surface area contributed by atoms with Gasteiger partial charge in [0.1, 0.15) is 18.7 Å². The molecular formula is C16H21N3O. The molecule has 0 aliphatic heterocycles. The van der Waals surface area contributed by atoms with Gasteiger partial charge in [0.05, 0.1) is 0 Å². The molecule has 1 heterocycles. The van der Waals surface area contributed by atoms with E-state index in [0.29, 0.717) is 6.61 Å². The molecule has 20 heavy (non-hydrogen) atoms. The summed E-state index contributed by atoms with van der Waals surface area (Å²) in [4.78, 5) is 7.96. The molecule has 0 unspecified atom stereocenters. The monoisotopic (exact) mass is 271 g/mol. The summed E-state index contributed by atoms with van der Waals surface area (Å²) in [7, 11) is 0. The van der Waals surface area contributed by atoms with Crippen molar-refractivity contribution in [3.05, 3.63) is 53.1 Å². The van der Waals surface area contributed by atoms with E-state index < -0.39 is 0 Å². The molecule has 0 aliphatic carbocycles. The van der Waals surface area contributed by atoms with E-state index in [2.05, 4.69) is 48.2 Å². The van der Waals surface area contributed by atoms with Crippen LogP contribution in [0.25, 0.3) is 0 Å². The summed E-state index contributed by atoms with van der Waals surface area (Å²) in [6, 6.07) is 4.30. The maximum Gasteiger partial charge on any atom is 0.125 e. The van der Waals surface area contributed by atoms with Crippen LogP contribution >= 0.6 is 0 Å². The number of aromatic nitrogens is 2. The third-order valence-electron chi connectivity index (χ3n) is 3.07. The molecule has 0 saturated heterocycles. The van der Waals surface area contributed by atoms with Gasteiger partial charge >= 0.3 is 0 Å². The fourth-order valence-electron chi connectivity index (χ4n) is 2.27. The molecule has 0 saturated carbocycles. The predicted molar refractivity (Wildman–Crippen MR) is 79.9 cm³/mol. The summed E-state index contributed by atoms with van der Waals surface area (Å²) in [6.45, 7) is 8.48. The Morgan fingerprint density at radius 3 is 2.35 bits per heavy atom. The van der Waals surface area contributed by atoms with Crippen LogP contribution in [-0.2, 0) is 6.54 Å². The van der Waals surface area contributed by atoms with Gasteiger partial charge in [-0.25, -0.2) is 9.97 Å². The van der Waals surface area contributed by atoms with Crippen molar-refractivity contribution in [2.24, 2.45) is 0 Å². The molecule has 0 fully saturated rings. The van der Waals surface area contributed by atoms with Crippen LogP contribution in [0.5, 0.6) is 5.75 Å². The first-order chi connectivity index (χ1) is 9.66. The molecule has 0 radical (unpaired) electrons. The topological polar surface area (TPSA) is 47.0 Å². The normalized spacial score (nSPS) is 10.6. The molecule has 2 rings (SSSR count). The average Bonchev–Trinajstić information content (AvgIpc) is 2.42. The minimum atomic E-state index is 0.651. The molecule has 106 valence electrons. The molecule has 4 heteroatoms. The number of nitrogens with one attached hydrogen (secondary N) is 1. The molecule has 0 atom stereocenters. The molecule has 0 spiro atoms. The second-order valence-electron chi connectivity index (χ2n) is 5.00. The minimum absolute atomic E-state index is 0.651. The Morgan fingerprint density at radius 1 is 1.05 bits per heavy atom. The van der Waals surface area contributed by atoms with Gasteiger partial charge in [-0.3, -0.25) is 0 Å². The first kappa shape index (κ1) is 14.5. The molecule has 1 N–H and O–H groups in total. The Labute approximate surface area is 120 Å². The average molecular weight is 271 g/mol. The minimum Gasteiger partial charge on any atom is -0.492 e. The predicted octanol–water partition coefficient (Wildman–Crippen LogP) is 2.57. The zero-order valence-corrected chi connectivity index (χ0v) is 12.3. The van der Waals surface area contributed by atoms with Gasteiger partial charge in [-0.05, 0) is 31.9 Å². The summed E-state index contributed by atoms with van der Waals surface area (Å²) in [6.07, 6.45) is 5.17. The first-order valence-corrected chi connectivity index (χ1v) is 6.82. The number of rotatable bonds is 6. The molecular weight excluding hydrogens is 250 g/mol. The maximum absolute atomic E-state index is 5.87. The Bertz CT molecular complexity index is 532. The van der Waals surface area contributed by atoms with Gasteiger partial charge in [-0.15, -0.1) is 0 Å². The lowest BCUT2D eigenvalue weighted by atomic mass is 10.1. The lowest BCUT2D eigenvalue weighted by Crippen LogP contribution is -2.21. The lowest BCUT2D eigenvalue weighted by Gasteiger charge is -2.13. The van der Waals surface area contributed by atoms with Crippen LogP contribution in [0, 0.1) is 20.8 Å². The van der Waals surface area contributed by atoms with Crippen molar-refractivity contribution in [3.63, 3.8) is 0 Å². The number of benzene rings is 1. The van der Waals surface area contributed by atoms with Crippen molar-refractivity contribution >= 4 is 0 Å². The van der Waals surface area contributed by atoms with E-state index in [1.807, 2.05) is 12.4 Å². The molecule has 1 aromatic heterocycles. The van der Waals surface area contributed by atoms with Gasteiger partial charge in [-0.2, -0.15) is 0 Å².